The van der Waals surface area contributed by atoms with Gasteiger partial charge in [-0.1, -0.05) is 29.8 Å². The van der Waals surface area contributed by atoms with E-state index in [0.29, 0.717) is 23.3 Å². The number of ether oxygens (including phenoxy) is 1. The minimum absolute atomic E-state index is 0.0999. The summed E-state index contributed by atoms with van der Waals surface area (Å²) in [5.74, 6) is -0.0387. The lowest BCUT2D eigenvalue weighted by Gasteiger charge is -2.37. The molecule has 6 aliphatic rings. The molecule has 2 heterocycles. The topological polar surface area (TPSA) is 84.0 Å². The molecule has 182 valence electrons. The van der Waals surface area contributed by atoms with Gasteiger partial charge in [-0.15, -0.1) is 0 Å². The molecule has 2 aromatic rings. The largest absolute Gasteiger partial charge is 0.426 e. The second-order valence-electron chi connectivity index (χ2n) is 10.8. The molecule has 3 amide bonds. The van der Waals surface area contributed by atoms with Gasteiger partial charge in [0.15, 0.2) is 0 Å². The predicted octanol–water partition coefficient (Wildman–Crippen LogP) is 3.51. The van der Waals surface area contributed by atoms with E-state index in [4.69, 9.17) is 4.74 Å². The van der Waals surface area contributed by atoms with E-state index in [-0.39, 0.29) is 54.4 Å². The Morgan fingerprint density at radius 2 is 1.42 bits per heavy atom. The summed E-state index contributed by atoms with van der Waals surface area (Å²) in [6, 6.07) is 14.1. The lowest BCUT2D eigenvalue weighted by molar-refractivity contribution is -0.139. The number of carbonyl (C=O) groups is 4. The summed E-state index contributed by atoms with van der Waals surface area (Å²) in [5, 5.41) is 0. The number of esters is 1. The Bertz CT molecular complexity index is 1290. The highest BCUT2D eigenvalue weighted by atomic mass is 16.5. The number of benzene rings is 2. The highest BCUT2D eigenvalue weighted by molar-refractivity contribution is 6.22. The zero-order valence-electron chi connectivity index (χ0n) is 19.9. The zero-order valence-corrected chi connectivity index (χ0v) is 19.9. The average Bonchev–Trinajstić information content (AvgIpc) is 3.56. The van der Waals surface area contributed by atoms with Gasteiger partial charge in [-0.2, -0.15) is 0 Å². The van der Waals surface area contributed by atoms with Crippen molar-refractivity contribution in [3.8, 4) is 5.75 Å². The van der Waals surface area contributed by atoms with Crippen LogP contribution in [0.5, 0.6) is 5.75 Å². The Morgan fingerprint density at radius 3 is 2.03 bits per heavy atom. The second kappa shape index (κ2) is 7.63. The van der Waals surface area contributed by atoms with Crippen molar-refractivity contribution in [2.75, 3.05) is 16.3 Å². The molecule has 4 fully saturated rings. The standard InChI is InChI=1S/C29H26N2O5/c1-15-2-4-17(5-3-15)30-14-16(12-24(30)32)29(35)36-19-8-6-18(7-9-19)31-27(33)25-20-10-11-21(23-13-22(20)23)26(25)28(31)34/h2-11,16,20-23,25-26H,12-14H2,1H3/t16-,20+,21+,22+,23+,25-,26+/m0/s1. The smallest absolute Gasteiger partial charge is 0.316 e. The normalized spacial score (nSPS) is 33.7. The number of hydrogen-bond donors (Lipinski definition) is 0. The van der Waals surface area contributed by atoms with Crippen LogP contribution in [0.4, 0.5) is 11.4 Å². The molecule has 2 bridgehead atoms. The predicted molar refractivity (Wildman–Crippen MR) is 131 cm³/mol. The van der Waals surface area contributed by atoms with E-state index in [9.17, 15) is 19.2 Å². The number of rotatable bonds is 4. The van der Waals surface area contributed by atoms with E-state index >= 15 is 0 Å². The van der Waals surface area contributed by atoms with Crippen molar-refractivity contribution in [1.82, 2.24) is 0 Å². The SMILES string of the molecule is Cc1ccc(N2C[C@@H](C(=O)Oc3ccc(N4C(=O)[C@@H]5[C@@H]6C=C[C@H]([C@H]7C[C@H]67)[C@@H]5C4=O)cc3)CC2=O)cc1. The minimum atomic E-state index is -0.558. The van der Waals surface area contributed by atoms with Crippen molar-refractivity contribution in [2.24, 2.45) is 41.4 Å². The number of allylic oxidation sites excluding steroid dienone is 2. The first-order valence-electron chi connectivity index (χ1n) is 12.7. The first kappa shape index (κ1) is 21.5. The molecule has 2 aliphatic heterocycles. The van der Waals surface area contributed by atoms with Crippen LogP contribution in [-0.2, 0) is 19.2 Å². The second-order valence-corrected chi connectivity index (χ2v) is 10.8. The van der Waals surface area contributed by atoms with Gasteiger partial charge < -0.3 is 9.64 Å². The number of nitrogens with zero attached hydrogens (tertiary/aromatic N) is 2. The van der Waals surface area contributed by atoms with Crippen LogP contribution in [0.15, 0.2) is 60.7 Å². The Kier molecular flexibility index (Phi) is 4.56. The van der Waals surface area contributed by atoms with Crippen molar-refractivity contribution in [3.05, 3.63) is 66.2 Å². The molecule has 4 aliphatic carbocycles. The molecule has 7 nitrogen and oxygen atoms in total. The maximum atomic E-state index is 13.3. The van der Waals surface area contributed by atoms with E-state index in [1.807, 2.05) is 31.2 Å². The number of amides is 3. The third-order valence-electron chi connectivity index (χ3n) is 8.78. The summed E-state index contributed by atoms with van der Waals surface area (Å²) in [6.07, 6.45) is 5.55. The van der Waals surface area contributed by atoms with Gasteiger partial charge in [0.05, 0.1) is 23.4 Å². The minimum Gasteiger partial charge on any atom is -0.426 e. The van der Waals surface area contributed by atoms with Crippen LogP contribution < -0.4 is 14.5 Å². The fourth-order valence-electron chi connectivity index (χ4n) is 6.91. The molecule has 8 rings (SSSR count). The molecule has 2 saturated carbocycles. The molecular formula is C29H26N2O5. The van der Waals surface area contributed by atoms with Crippen molar-refractivity contribution in [2.45, 2.75) is 19.8 Å². The first-order valence-corrected chi connectivity index (χ1v) is 12.7. The van der Waals surface area contributed by atoms with Gasteiger partial charge in [-0.25, -0.2) is 0 Å². The average molecular weight is 483 g/mol. The lowest BCUT2D eigenvalue weighted by Crippen LogP contribution is -2.40. The van der Waals surface area contributed by atoms with Gasteiger partial charge in [-0.3, -0.25) is 24.1 Å². The third kappa shape index (κ3) is 3.11. The fraction of sp³-hybridized carbons (Fsp3) is 0.379. The Morgan fingerprint density at radius 1 is 0.833 bits per heavy atom. The summed E-state index contributed by atoms with van der Waals surface area (Å²) in [7, 11) is 0. The van der Waals surface area contributed by atoms with E-state index in [1.54, 1.807) is 29.2 Å². The molecule has 0 N–H and O–H groups in total. The van der Waals surface area contributed by atoms with E-state index in [0.717, 1.165) is 17.7 Å². The van der Waals surface area contributed by atoms with E-state index in [2.05, 4.69) is 12.2 Å². The maximum Gasteiger partial charge on any atom is 0.316 e. The van der Waals surface area contributed by atoms with E-state index in [1.165, 1.54) is 4.90 Å². The first-order chi connectivity index (χ1) is 17.4. The molecule has 36 heavy (non-hydrogen) atoms. The summed E-state index contributed by atoms with van der Waals surface area (Å²) in [5.41, 5.74) is 2.38. The molecule has 2 aromatic carbocycles. The highest BCUT2D eigenvalue weighted by Gasteiger charge is 2.67. The number of imide groups is 1. The van der Waals surface area contributed by atoms with Gasteiger partial charge >= 0.3 is 5.97 Å². The monoisotopic (exact) mass is 482 g/mol. The Balaban J connectivity index is 1.03. The van der Waals surface area contributed by atoms with Crippen molar-refractivity contribution in [3.63, 3.8) is 0 Å². The molecule has 0 unspecified atom stereocenters. The summed E-state index contributed by atoms with van der Waals surface area (Å²) < 4.78 is 5.56. The van der Waals surface area contributed by atoms with Crippen LogP contribution in [0.1, 0.15) is 18.4 Å². The van der Waals surface area contributed by atoms with Crippen LogP contribution in [0.3, 0.4) is 0 Å². The van der Waals surface area contributed by atoms with Crippen LogP contribution in [-0.4, -0.2) is 30.2 Å². The van der Waals surface area contributed by atoms with Crippen LogP contribution in [0, 0.1) is 48.3 Å². The van der Waals surface area contributed by atoms with Gasteiger partial charge in [0.2, 0.25) is 17.7 Å². The Hall–Kier alpha value is -3.74. The molecule has 7 atom stereocenters. The van der Waals surface area contributed by atoms with Crippen molar-refractivity contribution >= 4 is 35.1 Å². The van der Waals surface area contributed by atoms with Gasteiger partial charge in [0.1, 0.15) is 5.75 Å². The van der Waals surface area contributed by atoms with Crippen LogP contribution in [0.25, 0.3) is 0 Å². The molecule has 2 saturated heterocycles. The number of hydrogen-bond acceptors (Lipinski definition) is 5. The summed E-state index contributed by atoms with van der Waals surface area (Å²) in [4.78, 5) is 54.8. The summed E-state index contributed by atoms with van der Waals surface area (Å²) >= 11 is 0. The molecule has 7 heteroatoms. The van der Waals surface area contributed by atoms with Crippen molar-refractivity contribution < 1.29 is 23.9 Å². The number of anilines is 2. The van der Waals surface area contributed by atoms with Gasteiger partial charge in [0, 0.05) is 18.7 Å². The van der Waals surface area contributed by atoms with Crippen LogP contribution >= 0.6 is 0 Å². The molecule has 0 aromatic heterocycles. The van der Waals surface area contributed by atoms with Crippen molar-refractivity contribution in [1.29, 1.82) is 0 Å². The Labute approximate surface area is 208 Å². The van der Waals surface area contributed by atoms with Gasteiger partial charge in [0.25, 0.3) is 0 Å². The highest BCUT2D eigenvalue weighted by Crippen LogP contribution is 2.65. The van der Waals surface area contributed by atoms with E-state index < -0.39 is 11.9 Å². The zero-order chi connectivity index (χ0) is 24.7. The fourth-order valence-corrected chi connectivity index (χ4v) is 6.91. The third-order valence-corrected chi connectivity index (χ3v) is 8.78. The number of aryl methyl sites for hydroxylation is 1. The molecule has 0 spiro atoms. The number of carbonyl (C=O) groups excluding carboxylic acids is 4. The lowest BCUT2D eigenvalue weighted by atomic mass is 9.63. The summed E-state index contributed by atoms with van der Waals surface area (Å²) in [6.45, 7) is 2.25. The molecule has 0 radical (unpaired) electrons. The van der Waals surface area contributed by atoms with Crippen LogP contribution in [0.2, 0.25) is 0 Å². The quantitative estimate of drug-likeness (QED) is 0.288. The maximum absolute atomic E-state index is 13.3. The molecular weight excluding hydrogens is 456 g/mol. The van der Waals surface area contributed by atoms with Gasteiger partial charge in [-0.05, 0) is 73.4 Å².